The second-order valence-corrected chi connectivity index (χ2v) is 5.24. The molecule has 2 amide bonds. The SMILES string of the molecule is COC1(CNC(=O)N2C[C@H](O)C[C@@H]2C(=O)O)CCOC1. The maximum absolute atomic E-state index is 12.1. The number of carboxylic acids is 1. The Hall–Kier alpha value is -1.38. The average Bonchev–Trinajstić information content (AvgIpc) is 3.03. The average molecular weight is 288 g/mol. The maximum atomic E-state index is 12.1. The van der Waals surface area contributed by atoms with Crippen LogP contribution in [-0.2, 0) is 14.3 Å². The van der Waals surface area contributed by atoms with Crippen LogP contribution in [0, 0.1) is 0 Å². The first-order chi connectivity index (χ1) is 9.47. The molecule has 0 aromatic rings. The number of amides is 2. The van der Waals surface area contributed by atoms with Gasteiger partial charge in [0.2, 0.25) is 0 Å². The fraction of sp³-hybridized carbons (Fsp3) is 0.833. The highest BCUT2D eigenvalue weighted by atomic mass is 16.5. The Labute approximate surface area is 116 Å². The van der Waals surface area contributed by atoms with Gasteiger partial charge in [-0.15, -0.1) is 0 Å². The van der Waals surface area contributed by atoms with Crippen molar-refractivity contribution in [3.63, 3.8) is 0 Å². The van der Waals surface area contributed by atoms with Gasteiger partial charge in [0.1, 0.15) is 11.6 Å². The van der Waals surface area contributed by atoms with Crippen LogP contribution in [0.2, 0.25) is 0 Å². The molecule has 0 aromatic heterocycles. The number of aliphatic hydroxyl groups excluding tert-OH is 1. The summed E-state index contributed by atoms with van der Waals surface area (Å²) in [4.78, 5) is 24.3. The second kappa shape index (κ2) is 5.94. The number of aliphatic carboxylic acids is 1. The number of nitrogens with one attached hydrogen (secondary N) is 1. The van der Waals surface area contributed by atoms with Gasteiger partial charge >= 0.3 is 12.0 Å². The molecular formula is C12H20N2O6. The topological polar surface area (TPSA) is 108 Å². The monoisotopic (exact) mass is 288 g/mol. The number of aliphatic hydroxyl groups is 1. The zero-order valence-corrected chi connectivity index (χ0v) is 11.4. The van der Waals surface area contributed by atoms with Crippen molar-refractivity contribution in [2.24, 2.45) is 0 Å². The molecule has 2 rings (SSSR count). The van der Waals surface area contributed by atoms with E-state index in [1.54, 1.807) is 7.11 Å². The molecule has 0 spiro atoms. The number of nitrogens with zero attached hydrogens (tertiary/aromatic N) is 1. The van der Waals surface area contributed by atoms with Crippen LogP contribution in [-0.4, -0.2) is 78.3 Å². The van der Waals surface area contributed by atoms with Crippen molar-refractivity contribution in [3.8, 4) is 0 Å². The molecule has 3 atom stereocenters. The molecule has 3 N–H and O–H groups in total. The molecule has 2 saturated heterocycles. The quantitative estimate of drug-likeness (QED) is 0.613. The molecule has 2 fully saturated rings. The van der Waals surface area contributed by atoms with E-state index in [1.807, 2.05) is 0 Å². The van der Waals surface area contributed by atoms with E-state index < -0.39 is 29.7 Å². The van der Waals surface area contributed by atoms with E-state index in [-0.39, 0.29) is 19.5 Å². The Kier molecular flexibility index (Phi) is 4.46. The molecule has 0 radical (unpaired) electrons. The lowest BCUT2D eigenvalue weighted by Crippen LogP contribution is -2.51. The van der Waals surface area contributed by atoms with E-state index in [4.69, 9.17) is 14.6 Å². The van der Waals surface area contributed by atoms with Crippen molar-refractivity contribution in [2.45, 2.75) is 30.6 Å². The van der Waals surface area contributed by atoms with Crippen LogP contribution < -0.4 is 5.32 Å². The predicted octanol–water partition coefficient (Wildman–Crippen LogP) is -0.979. The molecule has 114 valence electrons. The number of urea groups is 1. The summed E-state index contributed by atoms with van der Waals surface area (Å²) < 4.78 is 10.6. The van der Waals surface area contributed by atoms with Crippen molar-refractivity contribution >= 4 is 12.0 Å². The molecule has 0 aromatic carbocycles. The number of methoxy groups -OCH3 is 1. The third-order valence-electron chi connectivity index (χ3n) is 3.89. The fourth-order valence-corrected chi connectivity index (χ4v) is 2.57. The van der Waals surface area contributed by atoms with Gasteiger partial charge in [0.25, 0.3) is 0 Å². The molecule has 8 heteroatoms. The summed E-state index contributed by atoms with van der Waals surface area (Å²) in [6.45, 7) is 1.25. The van der Waals surface area contributed by atoms with Crippen molar-refractivity contribution < 1.29 is 29.3 Å². The molecule has 2 aliphatic rings. The van der Waals surface area contributed by atoms with E-state index in [9.17, 15) is 14.7 Å². The van der Waals surface area contributed by atoms with Gasteiger partial charge in [-0.1, -0.05) is 0 Å². The fourth-order valence-electron chi connectivity index (χ4n) is 2.57. The van der Waals surface area contributed by atoms with Gasteiger partial charge < -0.3 is 29.9 Å². The van der Waals surface area contributed by atoms with Gasteiger partial charge in [-0.2, -0.15) is 0 Å². The number of carbonyl (C=O) groups is 2. The van der Waals surface area contributed by atoms with Crippen LogP contribution in [0.3, 0.4) is 0 Å². The first-order valence-corrected chi connectivity index (χ1v) is 6.56. The van der Waals surface area contributed by atoms with E-state index in [0.29, 0.717) is 19.6 Å². The highest BCUT2D eigenvalue weighted by Gasteiger charge is 2.40. The molecule has 0 bridgehead atoms. The van der Waals surface area contributed by atoms with Gasteiger partial charge in [0, 0.05) is 33.1 Å². The molecule has 2 heterocycles. The van der Waals surface area contributed by atoms with Crippen molar-refractivity contribution in [1.82, 2.24) is 10.2 Å². The smallest absolute Gasteiger partial charge is 0.326 e. The molecule has 1 unspecified atom stereocenters. The van der Waals surface area contributed by atoms with E-state index in [1.165, 1.54) is 0 Å². The van der Waals surface area contributed by atoms with Crippen molar-refractivity contribution in [3.05, 3.63) is 0 Å². The maximum Gasteiger partial charge on any atom is 0.326 e. The number of hydrogen-bond acceptors (Lipinski definition) is 5. The van der Waals surface area contributed by atoms with Gasteiger partial charge in [-0.25, -0.2) is 9.59 Å². The van der Waals surface area contributed by atoms with E-state index in [0.717, 1.165) is 4.90 Å². The zero-order chi connectivity index (χ0) is 14.8. The number of rotatable bonds is 4. The highest BCUT2D eigenvalue weighted by molar-refractivity contribution is 5.83. The summed E-state index contributed by atoms with van der Waals surface area (Å²) >= 11 is 0. The number of ether oxygens (including phenoxy) is 2. The van der Waals surface area contributed by atoms with Crippen LogP contribution in [0.4, 0.5) is 4.79 Å². The van der Waals surface area contributed by atoms with Crippen molar-refractivity contribution in [2.75, 3.05) is 33.4 Å². The summed E-state index contributed by atoms with van der Waals surface area (Å²) in [5.74, 6) is -1.11. The lowest BCUT2D eigenvalue weighted by Gasteiger charge is -2.28. The van der Waals surface area contributed by atoms with Gasteiger partial charge in [0.05, 0.1) is 19.3 Å². The van der Waals surface area contributed by atoms with Crippen LogP contribution >= 0.6 is 0 Å². The Balaban J connectivity index is 1.92. The standard InChI is InChI=1S/C12H20N2O6/c1-19-12(2-3-20-7-12)6-13-11(18)14-5-8(15)4-9(14)10(16)17/h8-9,15H,2-7H2,1H3,(H,13,18)(H,16,17)/t8-,9-,12?/m1/s1. The van der Waals surface area contributed by atoms with E-state index in [2.05, 4.69) is 5.32 Å². The number of carboxylic acid groups (broad SMARTS) is 1. The van der Waals surface area contributed by atoms with Gasteiger partial charge in [0.15, 0.2) is 0 Å². The Morgan fingerprint density at radius 3 is 2.85 bits per heavy atom. The summed E-state index contributed by atoms with van der Waals surface area (Å²) in [5, 5.41) is 21.2. The molecule has 0 saturated carbocycles. The first-order valence-electron chi connectivity index (χ1n) is 6.56. The second-order valence-electron chi connectivity index (χ2n) is 5.24. The largest absolute Gasteiger partial charge is 0.480 e. The van der Waals surface area contributed by atoms with Crippen molar-refractivity contribution in [1.29, 1.82) is 0 Å². The Bertz CT molecular complexity index is 382. The Morgan fingerprint density at radius 2 is 2.30 bits per heavy atom. The number of carbonyl (C=O) groups excluding carboxylic acids is 1. The number of likely N-dealkylation sites (tertiary alicyclic amines) is 1. The van der Waals surface area contributed by atoms with Crippen LogP contribution in [0.1, 0.15) is 12.8 Å². The zero-order valence-electron chi connectivity index (χ0n) is 11.4. The minimum atomic E-state index is -1.11. The normalized spacial score (nSPS) is 33.4. The van der Waals surface area contributed by atoms with Crippen LogP contribution in [0.15, 0.2) is 0 Å². The number of β-amino-alcohol motifs (C(OH)–C–C–N with tert-alkyl or cyclic N) is 1. The third-order valence-corrected chi connectivity index (χ3v) is 3.89. The summed E-state index contributed by atoms with van der Waals surface area (Å²) in [7, 11) is 1.56. The minimum Gasteiger partial charge on any atom is -0.480 e. The van der Waals surface area contributed by atoms with Gasteiger partial charge in [-0.05, 0) is 0 Å². The summed E-state index contributed by atoms with van der Waals surface area (Å²) in [6.07, 6.45) is -0.0659. The van der Waals surface area contributed by atoms with E-state index >= 15 is 0 Å². The van der Waals surface area contributed by atoms with Gasteiger partial charge in [-0.3, -0.25) is 0 Å². The highest BCUT2D eigenvalue weighted by Crippen LogP contribution is 2.22. The van der Waals surface area contributed by atoms with Crippen LogP contribution in [0.5, 0.6) is 0 Å². The van der Waals surface area contributed by atoms with Crippen LogP contribution in [0.25, 0.3) is 0 Å². The predicted molar refractivity (Wildman–Crippen MR) is 67.3 cm³/mol. The molecule has 20 heavy (non-hydrogen) atoms. The third kappa shape index (κ3) is 3.02. The molecule has 0 aliphatic carbocycles. The summed E-state index contributed by atoms with van der Waals surface area (Å²) in [5.41, 5.74) is -0.549. The Morgan fingerprint density at radius 1 is 1.55 bits per heavy atom. The number of hydrogen-bond donors (Lipinski definition) is 3. The lowest BCUT2D eigenvalue weighted by atomic mass is 10.0. The summed E-state index contributed by atoms with van der Waals surface area (Å²) in [6, 6.07) is -1.49. The molecular weight excluding hydrogens is 268 g/mol. The molecule has 8 nitrogen and oxygen atoms in total. The minimum absolute atomic E-state index is 0.0271. The lowest BCUT2D eigenvalue weighted by molar-refractivity contribution is -0.141. The molecule has 2 aliphatic heterocycles. The first kappa shape index (κ1) is 15.0.